The summed E-state index contributed by atoms with van der Waals surface area (Å²) in [6, 6.07) is 0.799. The molecule has 1 saturated carbocycles. The van der Waals surface area contributed by atoms with Crippen LogP contribution in [0.3, 0.4) is 0 Å². The van der Waals surface area contributed by atoms with Gasteiger partial charge in [0.25, 0.3) is 0 Å². The fraction of sp³-hybridized carbons (Fsp3) is 0.875. The first-order valence-electron chi connectivity index (χ1n) is 7.26. The second-order valence-electron chi connectivity index (χ2n) is 7.71. The lowest BCUT2D eigenvalue weighted by atomic mass is 9.90. The Morgan fingerprint density at radius 1 is 0.722 bits per heavy atom. The Labute approximate surface area is 113 Å². The van der Waals surface area contributed by atoms with Crippen molar-refractivity contribution < 1.29 is 0 Å². The standard InChI is InChI=1S/C16H30N2/c1-15(2,3)11-17-13-9-7-8-10-14(13)18-12-16(4,5)6/h11-14H,7-10H2,1-6H3/b17-11+,18-12+. The molecule has 18 heavy (non-hydrogen) atoms. The molecule has 104 valence electrons. The van der Waals surface area contributed by atoms with E-state index in [0.29, 0.717) is 12.1 Å². The minimum absolute atomic E-state index is 0.176. The molecule has 2 unspecified atom stereocenters. The van der Waals surface area contributed by atoms with E-state index >= 15 is 0 Å². The molecule has 0 aliphatic heterocycles. The number of hydrogen-bond donors (Lipinski definition) is 0. The molecule has 1 aliphatic carbocycles. The van der Waals surface area contributed by atoms with Gasteiger partial charge in [0.05, 0.1) is 12.1 Å². The van der Waals surface area contributed by atoms with E-state index in [-0.39, 0.29) is 10.8 Å². The van der Waals surface area contributed by atoms with E-state index in [4.69, 9.17) is 9.98 Å². The van der Waals surface area contributed by atoms with E-state index in [2.05, 4.69) is 54.0 Å². The summed E-state index contributed by atoms with van der Waals surface area (Å²) in [5, 5.41) is 0. The summed E-state index contributed by atoms with van der Waals surface area (Å²) in [5.74, 6) is 0. The predicted molar refractivity (Wildman–Crippen MR) is 81.9 cm³/mol. The summed E-state index contributed by atoms with van der Waals surface area (Å²) in [6.45, 7) is 13.2. The Morgan fingerprint density at radius 3 is 1.33 bits per heavy atom. The third kappa shape index (κ3) is 6.32. The van der Waals surface area contributed by atoms with Gasteiger partial charge in [-0.2, -0.15) is 0 Å². The summed E-state index contributed by atoms with van der Waals surface area (Å²) < 4.78 is 0. The monoisotopic (exact) mass is 250 g/mol. The van der Waals surface area contributed by atoms with Crippen LogP contribution in [0, 0.1) is 10.8 Å². The van der Waals surface area contributed by atoms with E-state index in [0.717, 1.165) is 0 Å². The molecule has 1 rings (SSSR count). The van der Waals surface area contributed by atoms with Crippen LogP contribution in [0.2, 0.25) is 0 Å². The Morgan fingerprint density at radius 2 is 1.06 bits per heavy atom. The van der Waals surface area contributed by atoms with E-state index in [1.54, 1.807) is 0 Å². The topological polar surface area (TPSA) is 24.7 Å². The summed E-state index contributed by atoms with van der Waals surface area (Å²) in [4.78, 5) is 9.60. The zero-order chi connectivity index (χ0) is 13.8. The lowest BCUT2D eigenvalue weighted by Crippen LogP contribution is -2.28. The van der Waals surface area contributed by atoms with Gasteiger partial charge in [0, 0.05) is 12.4 Å². The second-order valence-corrected chi connectivity index (χ2v) is 7.71. The second kappa shape index (κ2) is 5.99. The molecule has 0 N–H and O–H groups in total. The maximum atomic E-state index is 4.80. The first-order valence-corrected chi connectivity index (χ1v) is 7.26. The molecule has 0 radical (unpaired) electrons. The molecule has 2 atom stereocenters. The largest absolute Gasteiger partial charge is 0.291 e. The normalized spacial score (nSPS) is 27.2. The van der Waals surface area contributed by atoms with Gasteiger partial charge in [-0.25, -0.2) is 0 Å². The zero-order valence-corrected chi connectivity index (χ0v) is 13.0. The molecule has 0 aromatic carbocycles. The molecule has 2 heteroatoms. The quantitative estimate of drug-likeness (QED) is 0.643. The van der Waals surface area contributed by atoms with Gasteiger partial charge >= 0.3 is 0 Å². The summed E-state index contributed by atoms with van der Waals surface area (Å²) in [5.41, 5.74) is 0.353. The van der Waals surface area contributed by atoms with E-state index < -0.39 is 0 Å². The molecule has 0 aromatic rings. The Balaban J connectivity index is 2.69. The predicted octanol–water partition coefficient (Wildman–Crippen LogP) is 4.53. The van der Waals surface area contributed by atoms with E-state index in [1.165, 1.54) is 25.7 Å². The van der Waals surface area contributed by atoms with Crippen LogP contribution in [0.4, 0.5) is 0 Å². The average molecular weight is 250 g/mol. The van der Waals surface area contributed by atoms with Gasteiger partial charge in [0.1, 0.15) is 0 Å². The number of aliphatic imine (C=N–C) groups is 2. The highest BCUT2D eigenvalue weighted by molar-refractivity contribution is 5.65. The maximum Gasteiger partial charge on any atom is 0.0719 e. The van der Waals surface area contributed by atoms with Gasteiger partial charge in [0.15, 0.2) is 0 Å². The van der Waals surface area contributed by atoms with Crippen LogP contribution in [0.15, 0.2) is 9.98 Å². The van der Waals surface area contributed by atoms with Gasteiger partial charge in [-0.1, -0.05) is 54.4 Å². The zero-order valence-electron chi connectivity index (χ0n) is 13.0. The third-order valence-corrected chi connectivity index (χ3v) is 3.00. The van der Waals surface area contributed by atoms with Crippen molar-refractivity contribution in [2.45, 2.75) is 79.3 Å². The van der Waals surface area contributed by atoms with Gasteiger partial charge in [-0.3, -0.25) is 9.98 Å². The molecule has 2 nitrogen and oxygen atoms in total. The number of nitrogens with zero attached hydrogens (tertiary/aromatic N) is 2. The fourth-order valence-electron chi connectivity index (χ4n) is 2.08. The van der Waals surface area contributed by atoms with Crippen LogP contribution in [0.5, 0.6) is 0 Å². The first-order chi connectivity index (χ1) is 8.17. The SMILES string of the molecule is CC(C)(C)/C=N/C1CCCCC1/N=C/C(C)(C)C. The lowest BCUT2D eigenvalue weighted by molar-refractivity contribution is 0.385. The number of rotatable bonds is 2. The third-order valence-electron chi connectivity index (χ3n) is 3.00. The van der Waals surface area contributed by atoms with Gasteiger partial charge in [-0.05, 0) is 23.7 Å². The number of hydrogen-bond acceptors (Lipinski definition) is 2. The van der Waals surface area contributed by atoms with Crippen molar-refractivity contribution in [3.05, 3.63) is 0 Å². The van der Waals surface area contributed by atoms with E-state index in [1.807, 2.05) is 0 Å². The van der Waals surface area contributed by atoms with Crippen molar-refractivity contribution in [1.29, 1.82) is 0 Å². The molecule has 0 spiro atoms. The van der Waals surface area contributed by atoms with Crippen molar-refractivity contribution in [3.63, 3.8) is 0 Å². The Hall–Kier alpha value is -0.660. The van der Waals surface area contributed by atoms with Crippen LogP contribution in [0.1, 0.15) is 67.2 Å². The highest BCUT2D eigenvalue weighted by Crippen LogP contribution is 2.25. The molecule has 0 bridgehead atoms. The molecule has 0 heterocycles. The molecular weight excluding hydrogens is 220 g/mol. The highest BCUT2D eigenvalue weighted by atomic mass is 14.9. The highest BCUT2D eigenvalue weighted by Gasteiger charge is 2.24. The van der Waals surface area contributed by atoms with Crippen LogP contribution >= 0.6 is 0 Å². The lowest BCUT2D eigenvalue weighted by Gasteiger charge is -2.27. The minimum atomic E-state index is 0.176. The van der Waals surface area contributed by atoms with Crippen LogP contribution in [-0.4, -0.2) is 24.5 Å². The molecule has 1 fully saturated rings. The average Bonchev–Trinajstić information content (AvgIpc) is 2.22. The molecule has 0 amide bonds. The van der Waals surface area contributed by atoms with E-state index in [9.17, 15) is 0 Å². The smallest absolute Gasteiger partial charge is 0.0719 e. The van der Waals surface area contributed by atoms with Gasteiger partial charge in [-0.15, -0.1) is 0 Å². The van der Waals surface area contributed by atoms with Crippen molar-refractivity contribution in [2.24, 2.45) is 20.8 Å². The van der Waals surface area contributed by atoms with Crippen molar-refractivity contribution in [3.8, 4) is 0 Å². The summed E-state index contributed by atoms with van der Waals surface area (Å²) in [7, 11) is 0. The summed E-state index contributed by atoms with van der Waals surface area (Å²) >= 11 is 0. The van der Waals surface area contributed by atoms with Crippen molar-refractivity contribution >= 4 is 12.4 Å². The fourth-order valence-corrected chi connectivity index (χ4v) is 2.08. The minimum Gasteiger partial charge on any atom is -0.291 e. The molecular formula is C16H30N2. The molecule has 0 saturated heterocycles. The Bertz CT molecular complexity index is 270. The maximum absolute atomic E-state index is 4.80. The van der Waals surface area contributed by atoms with Crippen molar-refractivity contribution in [2.75, 3.05) is 0 Å². The Kier molecular flexibility index (Phi) is 5.12. The van der Waals surface area contributed by atoms with Crippen LogP contribution < -0.4 is 0 Å². The summed E-state index contributed by atoms with van der Waals surface area (Å²) in [6.07, 6.45) is 9.21. The molecule has 0 aromatic heterocycles. The van der Waals surface area contributed by atoms with Crippen LogP contribution in [0.25, 0.3) is 0 Å². The van der Waals surface area contributed by atoms with Gasteiger partial charge in [0.2, 0.25) is 0 Å². The first kappa shape index (κ1) is 15.4. The molecule has 1 aliphatic rings. The van der Waals surface area contributed by atoms with Gasteiger partial charge < -0.3 is 0 Å². The van der Waals surface area contributed by atoms with Crippen LogP contribution in [-0.2, 0) is 0 Å². The van der Waals surface area contributed by atoms with Crippen molar-refractivity contribution in [1.82, 2.24) is 0 Å².